The number of carbonyl (C=O) groups is 1. The Hall–Kier alpha value is -2.15. The Morgan fingerprint density at radius 1 is 1.45 bits per heavy atom. The maximum atomic E-state index is 11.0. The van der Waals surface area contributed by atoms with Gasteiger partial charge in [0.05, 0.1) is 22.7 Å². The van der Waals surface area contributed by atoms with Gasteiger partial charge in [0.1, 0.15) is 5.75 Å². The SMILES string of the molecule is Cc1c(OCCCN(C)C)cc(C(=O)O)cc1[N+](=O)[O-]. The molecule has 0 bridgehead atoms. The highest BCUT2D eigenvalue weighted by molar-refractivity contribution is 5.89. The number of hydrogen-bond donors (Lipinski definition) is 1. The molecule has 7 heteroatoms. The maximum absolute atomic E-state index is 11.0. The number of benzene rings is 1. The summed E-state index contributed by atoms with van der Waals surface area (Å²) in [6, 6.07) is 2.37. The maximum Gasteiger partial charge on any atom is 0.336 e. The Balaban J connectivity index is 2.93. The molecular formula is C13H18N2O5. The fourth-order valence-corrected chi connectivity index (χ4v) is 1.70. The van der Waals surface area contributed by atoms with E-state index in [-0.39, 0.29) is 17.0 Å². The van der Waals surface area contributed by atoms with E-state index in [9.17, 15) is 14.9 Å². The summed E-state index contributed by atoms with van der Waals surface area (Å²) < 4.78 is 5.47. The minimum Gasteiger partial charge on any atom is -0.493 e. The second-order valence-electron chi connectivity index (χ2n) is 4.69. The lowest BCUT2D eigenvalue weighted by atomic mass is 10.1. The van der Waals surface area contributed by atoms with Gasteiger partial charge in [-0.3, -0.25) is 10.1 Å². The summed E-state index contributed by atoms with van der Waals surface area (Å²) in [6.45, 7) is 2.74. The molecule has 0 radical (unpaired) electrons. The van der Waals surface area contributed by atoms with E-state index in [0.29, 0.717) is 12.2 Å². The van der Waals surface area contributed by atoms with Crippen LogP contribution in [0.2, 0.25) is 0 Å². The molecule has 0 aliphatic rings. The number of ether oxygens (including phenoxy) is 1. The molecule has 0 fully saturated rings. The first-order valence-corrected chi connectivity index (χ1v) is 6.12. The van der Waals surface area contributed by atoms with E-state index in [1.165, 1.54) is 6.07 Å². The number of nitro groups is 1. The first-order chi connectivity index (χ1) is 9.32. The molecule has 0 saturated carbocycles. The number of nitrogens with zero attached hydrogens (tertiary/aromatic N) is 2. The molecule has 0 atom stereocenters. The van der Waals surface area contributed by atoms with Gasteiger partial charge in [-0.05, 0) is 33.5 Å². The van der Waals surface area contributed by atoms with Gasteiger partial charge in [-0.25, -0.2) is 4.79 Å². The third-order valence-corrected chi connectivity index (χ3v) is 2.78. The van der Waals surface area contributed by atoms with E-state index in [0.717, 1.165) is 19.0 Å². The van der Waals surface area contributed by atoms with Crippen LogP contribution in [0.1, 0.15) is 22.3 Å². The molecule has 0 aliphatic heterocycles. The number of nitro benzene ring substituents is 1. The van der Waals surface area contributed by atoms with Gasteiger partial charge in [0.25, 0.3) is 5.69 Å². The number of carboxylic acid groups (broad SMARTS) is 1. The zero-order valence-electron chi connectivity index (χ0n) is 11.8. The van der Waals surface area contributed by atoms with Crippen molar-refractivity contribution in [2.24, 2.45) is 0 Å². The molecule has 1 rings (SSSR count). The molecule has 0 aliphatic carbocycles. The van der Waals surface area contributed by atoms with Crippen LogP contribution in [0, 0.1) is 17.0 Å². The van der Waals surface area contributed by atoms with Crippen LogP contribution in [0.4, 0.5) is 5.69 Å². The highest BCUT2D eigenvalue weighted by Gasteiger charge is 2.19. The van der Waals surface area contributed by atoms with Crippen molar-refractivity contribution in [3.8, 4) is 5.75 Å². The summed E-state index contributed by atoms with van der Waals surface area (Å²) in [4.78, 5) is 23.3. The molecule has 20 heavy (non-hydrogen) atoms. The highest BCUT2D eigenvalue weighted by atomic mass is 16.6. The minimum absolute atomic E-state index is 0.148. The van der Waals surface area contributed by atoms with Gasteiger partial charge in [-0.2, -0.15) is 0 Å². The molecule has 0 spiro atoms. The first-order valence-electron chi connectivity index (χ1n) is 6.12. The first kappa shape index (κ1) is 15.9. The van der Waals surface area contributed by atoms with Crippen molar-refractivity contribution in [1.29, 1.82) is 0 Å². The van der Waals surface area contributed by atoms with Crippen molar-refractivity contribution in [3.63, 3.8) is 0 Å². The summed E-state index contributed by atoms with van der Waals surface area (Å²) in [5.74, 6) is -0.971. The molecule has 0 heterocycles. The Morgan fingerprint density at radius 2 is 2.10 bits per heavy atom. The van der Waals surface area contributed by atoms with Crippen LogP contribution in [0.5, 0.6) is 5.75 Å². The lowest BCUT2D eigenvalue weighted by Gasteiger charge is -2.12. The van der Waals surface area contributed by atoms with Crippen LogP contribution >= 0.6 is 0 Å². The molecule has 1 aromatic carbocycles. The minimum atomic E-state index is -1.22. The van der Waals surface area contributed by atoms with Crippen molar-refractivity contribution >= 4 is 11.7 Å². The Labute approximate surface area is 116 Å². The van der Waals surface area contributed by atoms with Gasteiger partial charge in [-0.15, -0.1) is 0 Å². The molecule has 1 aromatic rings. The second kappa shape index (κ2) is 6.85. The molecule has 110 valence electrons. The molecule has 7 nitrogen and oxygen atoms in total. The summed E-state index contributed by atoms with van der Waals surface area (Å²) in [5, 5.41) is 19.9. The van der Waals surface area contributed by atoms with Crippen molar-refractivity contribution < 1.29 is 19.6 Å². The van der Waals surface area contributed by atoms with Crippen molar-refractivity contribution in [2.75, 3.05) is 27.2 Å². The number of hydrogen-bond acceptors (Lipinski definition) is 5. The summed E-state index contributed by atoms with van der Waals surface area (Å²) in [7, 11) is 3.86. The average molecular weight is 282 g/mol. The normalized spacial score (nSPS) is 10.6. The van der Waals surface area contributed by atoms with E-state index in [4.69, 9.17) is 9.84 Å². The third-order valence-electron chi connectivity index (χ3n) is 2.78. The van der Waals surface area contributed by atoms with Crippen LogP contribution < -0.4 is 4.74 Å². The molecule has 0 saturated heterocycles. The molecule has 0 aromatic heterocycles. The van der Waals surface area contributed by atoms with Crippen molar-refractivity contribution in [3.05, 3.63) is 33.4 Å². The van der Waals surface area contributed by atoms with E-state index < -0.39 is 10.9 Å². The average Bonchev–Trinajstić information content (AvgIpc) is 2.35. The molecular weight excluding hydrogens is 264 g/mol. The van der Waals surface area contributed by atoms with Crippen molar-refractivity contribution in [2.45, 2.75) is 13.3 Å². The van der Waals surface area contributed by atoms with Gasteiger partial charge in [-0.1, -0.05) is 0 Å². The Bertz CT molecular complexity index is 514. The second-order valence-corrected chi connectivity index (χ2v) is 4.69. The number of rotatable bonds is 7. The molecule has 0 unspecified atom stereocenters. The number of carboxylic acids is 1. The van der Waals surface area contributed by atoms with Gasteiger partial charge < -0.3 is 14.7 Å². The van der Waals surface area contributed by atoms with Crippen LogP contribution in [-0.4, -0.2) is 48.1 Å². The monoisotopic (exact) mass is 282 g/mol. The standard InChI is InChI=1S/C13H18N2O5/c1-9-11(15(18)19)7-10(13(16)17)8-12(9)20-6-4-5-14(2)3/h7-8H,4-6H2,1-3H3,(H,16,17). The fraction of sp³-hybridized carbons (Fsp3) is 0.462. The van der Waals surface area contributed by atoms with Crippen LogP contribution in [0.3, 0.4) is 0 Å². The Morgan fingerprint density at radius 3 is 2.60 bits per heavy atom. The molecule has 0 amide bonds. The van der Waals surface area contributed by atoms with Crippen LogP contribution in [0.25, 0.3) is 0 Å². The zero-order chi connectivity index (χ0) is 15.3. The predicted octanol–water partition coefficient (Wildman–Crippen LogP) is 1.93. The Kier molecular flexibility index (Phi) is 5.45. The quantitative estimate of drug-likeness (QED) is 0.466. The number of aromatic carboxylic acids is 1. The van der Waals surface area contributed by atoms with Gasteiger partial charge in [0.2, 0.25) is 0 Å². The van der Waals surface area contributed by atoms with Gasteiger partial charge in [0, 0.05) is 12.6 Å². The fourth-order valence-electron chi connectivity index (χ4n) is 1.70. The summed E-state index contributed by atoms with van der Waals surface area (Å²) in [5.41, 5.74) is -0.0535. The largest absolute Gasteiger partial charge is 0.493 e. The van der Waals surface area contributed by atoms with E-state index in [1.54, 1.807) is 6.92 Å². The van der Waals surface area contributed by atoms with Crippen molar-refractivity contribution in [1.82, 2.24) is 4.90 Å². The van der Waals surface area contributed by atoms with Gasteiger partial charge in [0.15, 0.2) is 0 Å². The van der Waals surface area contributed by atoms with Crippen LogP contribution in [0.15, 0.2) is 12.1 Å². The van der Waals surface area contributed by atoms with Crippen LogP contribution in [-0.2, 0) is 0 Å². The third kappa shape index (κ3) is 4.20. The summed E-state index contributed by atoms with van der Waals surface area (Å²) in [6.07, 6.45) is 0.748. The smallest absolute Gasteiger partial charge is 0.336 e. The predicted molar refractivity (Wildman–Crippen MR) is 73.5 cm³/mol. The zero-order valence-corrected chi connectivity index (χ0v) is 11.8. The lowest BCUT2D eigenvalue weighted by Crippen LogP contribution is -2.16. The molecule has 1 N–H and O–H groups in total. The topological polar surface area (TPSA) is 92.9 Å². The highest BCUT2D eigenvalue weighted by Crippen LogP contribution is 2.29. The van der Waals surface area contributed by atoms with Gasteiger partial charge >= 0.3 is 5.97 Å². The van der Waals surface area contributed by atoms with E-state index >= 15 is 0 Å². The summed E-state index contributed by atoms with van der Waals surface area (Å²) >= 11 is 0. The van der Waals surface area contributed by atoms with E-state index in [1.807, 2.05) is 19.0 Å². The lowest BCUT2D eigenvalue weighted by molar-refractivity contribution is -0.385. The van der Waals surface area contributed by atoms with E-state index in [2.05, 4.69) is 0 Å².